The van der Waals surface area contributed by atoms with Crippen LogP contribution in [0.25, 0.3) is 0 Å². The molecule has 0 unspecified atom stereocenters. The summed E-state index contributed by atoms with van der Waals surface area (Å²) < 4.78 is 16.0. The van der Waals surface area contributed by atoms with Crippen molar-refractivity contribution >= 4 is 43.7 Å². The second-order valence-corrected chi connectivity index (χ2v) is 28.7. The van der Waals surface area contributed by atoms with Crippen LogP contribution in [0, 0.1) is 23.2 Å². The molecule has 0 aliphatic heterocycles. The first-order chi connectivity index (χ1) is 28.2. The van der Waals surface area contributed by atoms with Crippen molar-refractivity contribution in [1.29, 1.82) is 0 Å². The molecule has 4 aromatic carbocycles. The quantitative estimate of drug-likeness (QED) is 0.112. The maximum Gasteiger partial charge on any atom is 0.261 e. The molecule has 59 heavy (non-hydrogen) atoms. The molecule has 3 aliphatic carbocycles. The summed E-state index contributed by atoms with van der Waals surface area (Å²) in [5, 5.41) is 4.79. The normalized spacial score (nSPS) is 26.1. The molecule has 3 fully saturated rings. The molecule has 0 saturated heterocycles. The van der Waals surface area contributed by atoms with Crippen molar-refractivity contribution in [2.75, 3.05) is 0 Å². The molecule has 3 nitrogen and oxygen atoms in total. The van der Waals surface area contributed by atoms with Gasteiger partial charge in [0.2, 0.25) is 0 Å². The lowest BCUT2D eigenvalue weighted by Gasteiger charge is -2.49. The number of hydrogen-bond acceptors (Lipinski definition) is 3. The van der Waals surface area contributed by atoms with Crippen LogP contribution in [0.2, 0.25) is 10.1 Å². The summed E-state index contributed by atoms with van der Waals surface area (Å²) in [5.41, 5.74) is 4.02. The third-order valence-corrected chi connectivity index (χ3v) is 24.7. The van der Waals surface area contributed by atoms with Crippen LogP contribution in [0.3, 0.4) is 0 Å². The van der Waals surface area contributed by atoms with Gasteiger partial charge in [0.1, 0.15) is 6.29 Å². The largest absolute Gasteiger partial charge is 0.404 e. The van der Waals surface area contributed by atoms with E-state index in [1.807, 2.05) is 0 Å². The Labute approximate surface area is 358 Å². The van der Waals surface area contributed by atoms with Gasteiger partial charge >= 0.3 is 0 Å². The second kappa shape index (κ2) is 17.2. The van der Waals surface area contributed by atoms with E-state index in [9.17, 15) is 4.79 Å². The van der Waals surface area contributed by atoms with E-state index < -0.39 is 16.6 Å². The van der Waals surface area contributed by atoms with Crippen molar-refractivity contribution < 1.29 is 13.6 Å². The fourth-order valence-electron chi connectivity index (χ4n) is 11.7. The number of hydrogen-bond donors (Lipinski definition) is 0. The summed E-state index contributed by atoms with van der Waals surface area (Å²) in [4.78, 5) is 12.1. The lowest BCUT2D eigenvalue weighted by atomic mass is 9.61. The van der Waals surface area contributed by atoms with Crippen LogP contribution in [-0.2, 0) is 13.6 Å². The van der Waals surface area contributed by atoms with Gasteiger partial charge in [-0.25, -0.2) is 0 Å². The summed E-state index contributed by atoms with van der Waals surface area (Å²) >= 11 is 0. The monoisotopic (exact) mass is 820 g/mol. The van der Waals surface area contributed by atoms with Gasteiger partial charge in [-0.2, -0.15) is 0 Å². The Morgan fingerprint density at radius 1 is 0.695 bits per heavy atom. The molecule has 3 aliphatic rings. The van der Waals surface area contributed by atoms with Crippen LogP contribution in [0.4, 0.5) is 0 Å². The van der Waals surface area contributed by atoms with Gasteiger partial charge in [-0.3, -0.25) is 0 Å². The Hall–Kier alpha value is -3.88. The molecule has 0 bridgehead atoms. The molecule has 310 valence electrons. The highest BCUT2D eigenvalue weighted by Crippen LogP contribution is 2.59. The molecule has 7 rings (SSSR count). The fraction of sp³-hybridized carbons (Fsp3) is 0.426. The summed E-state index contributed by atoms with van der Waals surface area (Å²) in [6.45, 7) is 23.7. The first-order valence-electron chi connectivity index (χ1n) is 22.3. The SMILES string of the molecule is C=C1C(=CC=C2CCC[C@]3(C)[C@@H]([C@H](C)C=O)CC[C@@H]23)C[C@@H](O[Si](c2ccccc2)(c2ccccc2)C(C)(C)C)C[C@@H]1O[Si](c1ccccc1)(c1ccccc1)C(C)(C)C. The van der Waals surface area contributed by atoms with Gasteiger partial charge in [0.25, 0.3) is 16.6 Å². The molecule has 5 heteroatoms. The molecule has 4 aromatic rings. The zero-order valence-electron chi connectivity index (χ0n) is 37.0. The molecule has 0 spiro atoms. The Bertz CT molecular complexity index is 2030. The average Bonchev–Trinajstić information content (AvgIpc) is 3.59. The van der Waals surface area contributed by atoms with Crippen LogP contribution >= 0.6 is 0 Å². The van der Waals surface area contributed by atoms with E-state index in [0.717, 1.165) is 37.7 Å². The van der Waals surface area contributed by atoms with Crippen LogP contribution < -0.4 is 20.7 Å². The highest BCUT2D eigenvalue weighted by molar-refractivity contribution is 7.00. The predicted molar refractivity (Wildman–Crippen MR) is 253 cm³/mol. The molecule has 0 amide bonds. The van der Waals surface area contributed by atoms with Crippen LogP contribution in [0.1, 0.15) is 100 Å². The molecule has 0 heterocycles. The van der Waals surface area contributed by atoms with Crippen LogP contribution in [0.15, 0.2) is 157 Å². The lowest BCUT2D eigenvalue weighted by Crippen LogP contribution is -2.69. The summed E-state index contributed by atoms with van der Waals surface area (Å²) in [6.07, 6.45) is 13.0. The first-order valence-corrected chi connectivity index (χ1v) is 26.1. The van der Waals surface area contributed by atoms with Crippen LogP contribution in [-0.4, -0.2) is 35.1 Å². The number of carbonyl (C=O) groups excluding carboxylic acids is 1. The van der Waals surface area contributed by atoms with Gasteiger partial charge in [-0.1, -0.05) is 201 Å². The van der Waals surface area contributed by atoms with E-state index in [-0.39, 0.29) is 33.6 Å². The minimum absolute atomic E-state index is 0.0967. The van der Waals surface area contributed by atoms with E-state index >= 15 is 0 Å². The van der Waals surface area contributed by atoms with Crippen molar-refractivity contribution in [2.45, 2.75) is 123 Å². The third kappa shape index (κ3) is 8.05. The zero-order valence-corrected chi connectivity index (χ0v) is 39.0. The molecule has 3 saturated carbocycles. The Balaban J connectivity index is 1.37. The van der Waals surface area contributed by atoms with E-state index in [0.29, 0.717) is 11.8 Å². The standard InChI is InChI=1S/C54H68O3Si2/c1-40(39-55)49-34-35-50-42(23-22-36-54(49,50)9)32-33-43-37-44(56-58(52(3,4)5,45-24-14-10-15-25-45)46-26-16-11-17-27-46)38-51(41(43)2)57-59(53(6,7)8,47-28-18-12-19-29-47)48-30-20-13-21-31-48/h10-21,24-33,39-40,44,49-51H,2,22-23,34-38H2,1,3-9H3/t40-,44-,49-,50+,51+,54-/m1/s1. The highest BCUT2D eigenvalue weighted by atomic mass is 28.4. The molecule has 0 N–H and O–H groups in total. The zero-order chi connectivity index (χ0) is 42.1. The van der Waals surface area contributed by atoms with E-state index in [1.54, 1.807) is 5.57 Å². The van der Waals surface area contributed by atoms with E-state index in [4.69, 9.17) is 15.4 Å². The topological polar surface area (TPSA) is 35.5 Å². The van der Waals surface area contributed by atoms with E-state index in [1.165, 1.54) is 45.4 Å². The average molecular weight is 821 g/mol. The van der Waals surface area contributed by atoms with Gasteiger partial charge in [0.05, 0.1) is 12.2 Å². The number of rotatable bonds is 11. The smallest absolute Gasteiger partial charge is 0.261 e. The van der Waals surface area contributed by atoms with Crippen LogP contribution in [0.5, 0.6) is 0 Å². The van der Waals surface area contributed by atoms with Gasteiger partial charge in [-0.15, -0.1) is 0 Å². The molecular formula is C54H68O3Si2. The number of fused-ring (bicyclic) bond motifs is 1. The Kier molecular flexibility index (Phi) is 12.6. The number of benzene rings is 4. The van der Waals surface area contributed by atoms with Gasteiger partial charge in [-0.05, 0) is 97.7 Å². The van der Waals surface area contributed by atoms with E-state index in [2.05, 4.69) is 189 Å². The summed E-state index contributed by atoms with van der Waals surface area (Å²) in [5.74, 6) is 1.05. The second-order valence-electron chi connectivity index (χ2n) is 20.2. The molecule has 6 atom stereocenters. The minimum Gasteiger partial charge on any atom is -0.404 e. The Morgan fingerprint density at radius 2 is 1.15 bits per heavy atom. The summed E-state index contributed by atoms with van der Waals surface area (Å²) in [7, 11) is -5.83. The minimum atomic E-state index is -2.94. The van der Waals surface area contributed by atoms with Crippen molar-refractivity contribution in [3.63, 3.8) is 0 Å². The Morgan fingerprint density at radius 3 is 1.59 bits per heavy atom. The molecule has 0 radical (unpaired) electrons. The van der Waals surface area contributed by atoms with Gasteiger partial charge in [0.15, 0.2) is 0 Å². The maximum atomic E-state index is 12.1. The van der Waals surface area contributed by atoms with Crippen molar-refractivity contribution in [2.24, 2.45) is 23.2 Å². The van der Waals surface area contributed by atoms with Gasteiger partial charge in [0, 0.05) is 12.3 Å². The fourth-order valence-corrected chi connectivity index (χ4v) is 21.1. The lowest BCUT2D eigenvalue weighted by molar-refractivity contribution is -0.113. The predicted octanol–water partition coefficient (Wildman–Crippen LogP) is 11.1. The van der Waals surface area contributed by atoms with Crippen molar-refractivity contribution in [3.8, 4) is 0 Å². The van der Waals surface area contributed by atoms with Crippen molar-refractivity contribution in [3.05, 3.63) is 157 Å². The van der Waals surface area contributed by atoms with Gasteiger partial charge < -0.3 is 13.6 Å². The van der Waals surface area contributed by atoms with Crippen molar-refractivity contribution in [1.82, 2.24) is 0 Å². The maximum absolute atomic E-state index is 12.1. The summed E-state index contributed by atoms with van der Waals surface area (Å²) in [6, 6.07) is 44.1. The number of carbonyl (C=O) groups is 1. The third-order valence-electron chi connectivity index (χ3n) is 14.6. The number of allylic oxidation sites excluding steroid dienone is 3. The number of aldehydes is 1. The first kappa shape index (κ1) is 43.2. The molecule has 0 aromatic heterocycles. The highest BCUT2D eigenvalue weighted by Gasteiger charge is 2.55. The molecular weight excluding hydrogens is 753 g/mol.